The van der Waals surface area contributed by atoms with E-state index in [4.69, 9.17) is 21.4 Å². The maximum atomic E-state index is 12.9. The van der Waals surface area contributed by atoms with E-state index in [1.807, 2.05) is 68.4 Å². The SMILES string of the molecule is COc1ccccc1C1CC(=O)Nc2c1c(-c1ccc(Cl)cc1)nn2-c1nc(C)cc(C)n1. The number of fused-ring (bicyclic) bond motifs is 1. The Morgan fingerprint density at radius 1 is 1.06 bits per heavy atom. The molecule has 33 heavy (non-hydrogen) atoms. The number of para-hydroxylation sites is 1. The Hall–Kier alpha value is -3.71. The van der Waals surface area contributed by atoms with Gasteiger partial charge in [-0.15, -0.1) is 0 Å². The van der Waals surface area contributed by atoms with Gasteiger partial charge in [0.25, 0.3) is 5.95 Å². The summed E-state index contributed by atoms with van der Waals surface area (Å²) in [5.74, 6) is 1.34. The van der Waals surface area contributed by atoms with Gasteiger partial charge in [0.1, 0.15) is 11.6 Å². The smallest absolute Gasteiger partial charge is 0.252 e. The second kappa shape index (κ2) is 8.33. The Morgan fingerprint density at radius 2 is 1.76 bits per heavy atom. The van der Waals surface area contributed by atoms with E-state index in [0.717, 1.165) is 39.5 Å². The van der Waals surface area contributed by atoms with Gasteiger partial charge in [-0.05, 0) is 38.1 Å². The molecule has 7 nitrogen and oxygen atoms in total. The lowest BCUT2D eigenvalue weighted by atomic mass is 9.84. The Labute approximate surface area is 196 Å². The van der Waals surface area contributed by atoms with E-state index >= 15 is 0 Å². The molecule has 5 rings (SSSR count). The molecule has 0 spiro atoms. The maximum Gasteiger partial charge on any atom is 0.252 e. The summed E-state index contributed by atoms with van der Waals surface area (Å²) in [5, 5.41) is 8.56. The summed E-state index contributed by atoms with van der Waals surface area (Å²) in [4.78, 5) is 22.0. The molecule has 0 radical (unpaired) electrons. The summed E-state index contributed by atoms with van der Waals surface area (Å²) < 4.78 is 7.26. The van der Waals surface area contributed by atoms with Crippen molar-refractivity contribution in [1.29, 1.82) is 0 Å². The van der Waals surface area contributed by atoms with Crippen LogP contribution in [-0.4, -0.2) is 32.8 Å². The summed E-state index contributed by atoms with van der Waals surface area (Å²) in [6.07, 6.45) is 0.271. The van der Waals surface area contributed by atoms with E-state index in [1.165, 1.54) is 0 Å². The summed E-state index contributed by atoms with van der Waals surface area (Å²) in [6.45, 7) is 3.81. The largest absolute Gasteiger partial charge is 0.496 e. The molecule has 2 aromatic carbocycles. The molecular formula is C25H22ClN5O2. The zero-order valence-corrected chi connectivity index (χ0v) is 19.2. The van der Waals surface area contributed by atoms with Crippen LogP contribution in [0.3, 0.4) is 0 Å². The third-order valence-corrected chi connectivity index (χ3v) is 5.96. The molecule has 2 aromatic heterocycles. The summed E-state index contributed by atoms with van der Waals surface area (Å²) in [6, 6.07) is 17.2. The summed E-state index contributed by atoms with van der Waals surface area (Å²) >= 11 is 6.14. The van der Waals surface area contributed by atoms with Crippen molar-refractivity contribution >= 4 is 23.3 Å². The zero-order valence-electron chi connectivity index (χ0n) is 18.5. The summed E-state index contributed by atoms with van der Waals surface area (Å²) in [7, 11) is 1.63. The number of aryl methyl sites for hydroxylation is 2. The molecule has 0 saturated heterocycles. The van der Waals surface area contributed by atoms with E-state index < -0.39 is 0 Å². The van der Waals surface area contributed by atoms with E-state index in [1.54, 1.807) is 11.8 Å². The number of hydrogen-bond donors (Lipinski definition) is 1. The Morgan fingerprint density at radius 3 is 2.45 bits per heavy atom. The third-order valence-electron chi connectivity index (χ3n) is 5.71. The lowest BCUT2D eigenvalue weighted by molar-refractivity contribution is -0.116. The number of nitrogens with one attached hydrogen (secondary N) is 1. The molecule has 0 saturated carbocycles. The molecule has 1 unspecified atom stereocenters. The number of anilines is 1. The number of hydrogen-bond acceptors (Lipinski definition) is 5. The lowest BCUT2D eigenvalue weighted by Gasteiger charge is -2.25. The quantitative estimate of drug-likeness (QED) is 0.460. The van der Waals surface area contributed by atoms with Crippen molar-refractivity contribution in [3.63, 3.8) is 0 Å². The molecular weight excluding hydrogens is 438 g/mol. The van der Waals surface area contributed by atoms with Crippen LogP contribution in [0.4, 0.5) is 5.82 Å². The molecule has 0 fully saturated rings. The Bertz CT molecular complexity index is 1340. The average molecular weight is 460 g/mol. The van der Waals surface area contributed by atoms with Crippen LogP contribution in [0.2, 0.25) is 5.02 Å². The van der Waals surface area contributed by atoms with Crippen LogP contribution >= 0.6 is 11.6 Å². The number of ether oxygens (including phenoxy) is 1. The number of carbonyl (C=O) groups excluding carboxylic acids is 1. The standard InChI is InChI=1S/C25H22ClN5O2/c1-14-12-15(2)28-25(27-14)31-24-22(23(30-31)16-8-10-17(26)11-9-16)19(13-21(32)29-24)18-6-4-5-7-20(18)33-3/h4-12,19H,13H2,1-3H3,(H,29,32). The topological polar surface area (TPSA) is 81.9 Å². The second-order valence-electron chi connectivity index (χ2n) is 8.03. The highest BCUT2D eigenvalue weighted by atomic mass is 35.5. The van der Waals surface area contributed by atoms with Crippen molar-refractivity contribution in [1.82, 2.24) is 19.7 Å². The number of halogens is 1. The van der Waals surface area contributed by atoms with Gasteiger partial charge in [-0.1, -0.05) is 41.9 Å². The minimum atomic E-state index is -0.254. The third kappa shape index (κ3) is 3.85. The molecule has 1 N–H and O–H groups in total. The van der Waals surface area contributed by atoms with Crippen molar-refractivity contribution in [3.8, 4) is 23.0 Å². The number of methoxy groups -OCH3 is 1. The average Bonchev–Trinajstić information content (AvgIpc) is 3.17. The number of rotatable bonds is 4. The lowest BCUT2D eigenvalue weighted by Crippen LogP contribution is -2.25. The van der Waals surface area contributed by atoms with Crippen molar-refractivity contribution in [2.45, 2.75) is 26.2 Å². The van der Waals surface area contributed by atoms with E-state index in [0.29, 0.717) is 16.8 Å². The first kappa shape index (κ1) is 21.2. The van der Waals surface area contributed by atoms with E-state index in [2.05, 4.69) is 15.3 Å². The fourth-order valence-corrected chi connectivity index (χ4v) is 4.46. The molecule has 0 bridgehead atoms. The molecule has 0 aliphatic carbocycles. The highest BCUT2D eigenvalue weighted by Gasteiger charge is 2.36. The molecule has 3 heterocycles. The van der Waals surface area contributed by atoms with Crippen molar-refractivity contribution in [3.05, 3.63) is 82.1 Å². The van der Waals surface area contributed by atoms with Gasteiger partial charge in [0, 0.05) is 45.4 Å². The maximum absolute atomic E-state index is 12.9. The van der Waals surface area contributed by atoms with Crippen LogP contribution in [0.15, 0.2) is 54.6 Å². The van der Waals surface area contributed by atoms with Crippen molar-refractivity contribution in [2.75, 3.05) is 12.4 Å². The van der Waals surface area contributed by atoms with Gasteiger partial charge in [0.05, 0.1) is 12.8 Å². The predicted molar refractivity (Wildman–Crippen MR) is 127 cm³/mol. The van der Waals surface area contributed by atoms with Crippen LogP contribution in [-0.2, 0) is 4.79 Å². The second-order valence-corrected chi connectivity index (χ2v) is 8.46. The number of benzene rings is 2. The number of carbonyl (C=O) groups is 1. The minimum Gasteiger partial charge on any atom is -0.496 e. The number of aromatic nitrogens is 4. The zero-order chi connectivity index (χ0) is 23.1. The normalized spacial score (nSPS) is 15.2. The van der Waals surface area contributed by atoms with Gasteiger partial charge >= 0.3 is 0 Å². The van der Waals surface area contributed by atoms with Crippen molar-refractivity contribution in [2.24, 2.45) is 0 Å². The van der Waals surface area contributed by atoms with Crippen molar-refractivity contribution < 1.29 is 9.53 Å². The Balaban J connectivity index is 1.80. The molecule has 1 aliphatic rings. The van der Waals surface area contributed by atoms with Gasteiger partial charge in [0.2, 0.25) is 5.91 Å². The number of nitrogens with zero attached hydrogens (tertiary/aromatic N) is 4. The highest BCUT2D eigenvalue weighted by Crippen LogP contribution is 2.45. The molecule has 1 aliphatic heterocycles. The van der Waals surface area contributed by atoms with Crippen LogP contribution in [0.5, 0.6) is 5.75 Å². The minimum absolute atomic E-state index is 0.105. The predicted octanol–water partition coefficient (Wildman–Crippen LogP) is 5.08. The highest BCUT2D eigenvalue weighted by molar-refractivity contribution is 6.30. The fourth-order valence-electron chi connectivity index (χ4n) is 4.34. The van der Waals surface area contributed by atoms with Crippen LogP contribution in [0.1, 0.15) is 34.9 Å². The molecule has 4 aromatic rings. The first-order chi connectivity index (χ1) is 15.9. The fraction of sp³-hybridized carbons (Fsp3) is 0.200. The van der Waals surface area contributed by atoms with Gasteiger partial charge in [-0.3, -0.25) is 4.79 Å². The summed E-state index contributed by atoms with van der Waals surface area (Å²) in [5.41, 5.74) is 5.07. The van der Waals surface area contributed by atoms with Gasteiger partial charge in [-0.25, -0.2) is 9.97 Å². The first-order valence-corrected chi connectivity index (χ1v) is 11.0. The van der Waals surface area contributed by atoms with E-state index in [-0.39, 0.29) is 18.2 Å². The van der Waals surface area contributed by atoms with Gasteiger partial charge in [-0.2, -0.15) is 9.78 Å². The van der Waals surface area contributed by atoms with Crippen LogP contribution < -0.4 is 10.1 Å². The molecule has 166 valence electrons. The Kier molecular flexibility index (Phi) is 5.34. The monoisotopic (exact) mass is 459 g/mol. The number of amides is 1. The van der Waals surface area contributed by atoms with Gasteiger partial charge in [0.15, 0.2) is 0 Å². The first-order valence-electron chi connectivity index (χ1n) is 10.6. The van der Waals surface area contributed by atoms with Gasteiger partial charge < -0.3 is 10.1 Å². The van der Waals surface area contributed by atoms with E-state index in [9.17, 15) is 4.79 Å². The van der Waals surface area contributed by atoms with Crippen LogP contribution in [0, 0.1) is 13.8 Å². The molecule has 1 amide bonds. The molecule has 8 heteroatoms. The van der Waals surface area contributed by atoms with Crippen LogP contribution in [0.25, 0.3) is 17.2 Å². The molecule has 1 atom stereocenters.